The molecule has 0 radical (unpaired) electrons. The molecule has 0 aromatic heterocycles. The fraction of sp³-hybridized carbons (Fsp3) is 0.786. The van der Waals surface area contributed by atoms with Crippen LogP contribution < -0.4 is 0 Å². The zero-order valence-corrected chi connectivity index (χ0v) is 13.4. The van der Waals surface area contributed by atoms with Gasteiger partial charge in [0, 0.05) is 5.57 Å². The van der Waals surface area contributed by atoms with E-state index in [2.05, 4.69) is 0 Å². The molecule has 118 valence electrons. The van der Waals surface area contributed by atoms with Gasteiger partial charge in [0.05, 0.1) is 31.5 Å². The van der Waals surface area contributed by atoms with Gasteiger partial charge in [-0.15, -0.1) is 0 Å². The Hall–Kier alpha value is -0.915. The van der Waals surface area contributed by atoms with Crippen LogP contribution in [0.1, 0.15) is 34.6 Å². The maximum Gasteiger partial charge on any atom is 0.525 e. The molecule has 5 nitrogen and oxygen atoms in total. The van der Waals surface area contributed by atoms with Gasteiger partial charge in [0.15, 0.2) is 0 Å². The van der Waals surface area contributed by atoms with Gasteiger partial charge in [-0.05, 0) is 34.6 Å². The number of methoxy groups -OCH3 is 1. The topological polar surface area (TPSA) is 54.0 Å². The van der Waals surface area contributed by atoms with Crippen LogP contribution in [0.5, 0.6) is 0 Å². The maximum atomic E-state index is 14.8. The van der Waals surface area contributed by atoms with Crippen LogP contribution in [-0.4, -0.2) is 44.6 Å². The van der Waals surface area contributed by atoms with Gasteiger partial charge in [0.1, 0.15) is 11.1 Å². The Balaban J connectivity index is 2.34. The molecular formula is C14H22BFO5. The molecule has 2 aliphatic rings. The standard InChI is InChI=1S/C14H22BFO5/c1-12(2)13(3,4)21-15(20-12)10(16)9-7-19-8-14(9,5)11(17)18-6/h7-8H2,1-6H3. The first-order valence-corrected chi connectivity index (χ1v) is 6.96. The number of rotatable bonds is 2. The van der Waals surface area contributed by atoms with E-state index >= 15 is 0 Å². The van der Waals surface area contributed by atoms with Crippen molar-refractivity contribution in [2.45, 2.75) is 45.8 Å². The number of esters is 1. The van der Waals surface area contributed by atoms with E-state index in [0.29, 0.717) is 0 Å². The molecule has 0 aromatic rings. The number of hydrogen-bond donors (Lipinski definition) is 0. The van der Waals surface area contributed by atoms with E-state index in [1.165, 1.54) is 7.11 Å². The molecular weight excluding hydrogens is 278 g/mol. The molecule has 2 saturated heterocycles. The second-order valence-corrected chi connectivity index (χ2v) is 6.73. The molecule has 21 heavy (non-hydrogen) atoms. The van der Waals surface area contributed by atoms with E-state index in [1.54, 1.807) is 6.92 Å². The maximum absolute atomic E-state index is 14.8. The lowest BCUT2D eigenvalue weighted by Crippen LogP contribution is -2.41. The third-order valence-corrected chi connectivity index (χ3v) is 4.69. The van der Waals surface area contributed by atoms with Gasteiger partial charge >= 0.3 is 13.1 Å². The van der Waals surface area contributed by atoms with E-state index in [1.807, 2.05) is 27.7 Å². The zero-order valence-electron chi connectivity index (χ0n) is 13.4. The van der Waals surface area contributed by atoms with Gasteiger partial charge < -0.3 is 18.8 Å². The number of halogens is 1. The summed E-state index contributed by atoms with van der Waals surface area (Å²) in [7, 11) is 0.145. The van der Waals surface area contributed by atoms with Gasteiger partial charge in [0.25, 0.3) is 0 Å². The van der Waals surface area contributed by atoms with Crippen molar-refractivity contribution >= 4 is 13.1 Å². The SMILES string of the molecule is COC(=O)C1(C)COCC1=C(F)B1OC(C)(C)C(C)(C)O1. The molecule has 1 unspecified atom stereocenters. The summed E-state index contributed by atoms with van der Waals surface area (Å²) in [6.07, 6.45) is 0. The lowest BCUT2D eigenvalue weighted by molar-refractivity contribution is -0.149. The Morgan fingerprint density at radius 2 is 1.71 bits per heavy atom. The fourth-order valence-electron chi connectivity index (χ4n) is 2.43. The van der Waals surface area contributed by atoms with Gasteiger partial charge in [-0.2, -0.15) is 0 Å². The van der Waals surface area contributed by atoms with Gasteiger partial charge in [-0.25, -0.2) is 4.39 Å². The Bertz CT molecular complexity index is 472. The van der Waals surface area contributed by atoms with Gasteiger partial charge in [-0.1, -0.05) is 0 Å². The lowest BCUT2D eigenvalue weighted by Gasteiger charge is -2.32. The van der Waals surface area contributed by atoms with Crippen molar-refractivity contribution in [3.05, 3.63) is 11.3 Å². The number of ether oxygens (including phenoxy) is 2. The average Bonchev–Trinajstić information content (AvgIpc) is 2.87. The molecule has 0 spiro atoms. The molecule has 2 rings (SSSR count). The minimum absolute atomic E-state index is 0.0293. The van der Waals surface area contributed by atoms with E-state index in [-0.39, 0.29) is 18.8 Å². The van der Waals surface area contributed by atoms with Crippen molar-refractivity contribution in [3.8, 4) is 0 Å². The molecule has 0 aliphatic carbocycles. The summed E-state index contributed by atoms with van der Waals surface area (Å²) in [6, 6.07) is 0. The van der Waals surface area contributed by atoms with E-state index in [9.17, 15) is 9.18 Å². The Kier molecular flexibility index (Phi) is 3.97. The third kappa shape index (κ3) is 2.51. The smallest absolute Gasteiger partial charge is 0.468 e. The van der Waals surface area contributed by atoms with Crippen molar-refractivity contribution in [3.63, 3.8) is 0 Å². The second-order valence-electron chi connectivity index (χ2n) is 6.73. The van der Waals surface area contributed by atoms with Crippen LogP contribution in [0.3, 0.4) is 0 Å². The zero-order chi connectivity index (χ0) is 16.1. The van der Waals surface area contributed by atoms with Crippen molar-refractivity contribution < 1.29 is 28.0 Å². The van der Waals surface area contributed by atoms with Crippen LogP contribution >= 0.6 is 0 Å². The average molecular weight is 300 g/mol. The molecule has 0 aromatic carbocycles. The van der Waals surface area contributed by atoms with Crippen molar-refractivity contribution in [1.82, 2.24) is 0 Å². The predicted molar refractivity (Wildman–Crippen MR) is 75.2 cm³/mol. The first-order chi connectivity index (χ1) is 9.55. The molecule has 1 atom stereocenters. The Labute approximate surface area is 124 Å². The summed E-state index contributed by atoms with van der Waals surface area (Å²) < 4.78 is 36.2. The monoisotopic (exact) mass is 300 g/mol. The van der Waals surface area contributed by atoms with Crippen molar-refractivity contribution in [1.29, 1.82) is 0 Å². The summed E-state index contributed by atoms with van der Waals surface area (Å²) in [5.41, 5.74) is -2.79. The highest BCUT2D eigenvalue weighted by molar-refractivity contribution is 6.54. The van der Waals surface area contributed by atoms with Crippen LogP contribution in [0.25, 0.3) is 0 Å². The Morgan fingerprint density at radius 3 is 2.19 bits per heavy atom. The normalized spacial score (nSPS) is 33.2. The summed E-state index contributed by atoms with van der Waals surface area (Å²) in [6.45, 7) is 9.09. The van der Waals surface area contributed by atoms with E-state index in [0.717, 1.165) is 0 Å². The van der Waals surface area contributed by atoms with Gasteiger partial charge in [-0.3, -0.25) is 4.79 Å². The number of carbonyl (C=O) groups excluding carboxylic acids is 1. The van der Waals surface area contributed by atoms with Crippen LogP contribution in [0.15, 0.2) is 11.3 Å². The first-order valence-electron chi connectivity index (χ1n) is 6.96. The fourth-order valence-corrected chi connectivity index (χ4v) is 2.43. The highest BCUT2D eigenvalue weighted by Crippen LogP contribution is 2.43. The molecule has 0 amide bonds. The summed E-state index contributed by atoms with van der Waals surface area (Å²) in [4.78, 5) is 11.9. The summed E-state index contributed by atoms with van der Waals surface area (Å²) >= 11 is 0. The largest absolute Gasteiger partial charge is 0.525 e. The van der Waals surface area contributed by atoms with Crippen LogP contribution in [0.2, 0.25) is 0 Å². The Morgan fingerprint density at radius 1 is 1.19 bits per heavy atom. The first kappa shape index (κ1) is 16.5. The van der Waals surface area contributed by atoms with Crippen LogP contribution in [-0.2, 0) is 23.6 Å². The van der Waals surface area contributed by atoms with Crippen LogP contribution in [0.4, 0.5) is 4.39 Å². The number of carbonyl (C=O) groups is 1. The summed E-state index contributed by atoms with van der Waals surface area (Å²) in [5, 5.41) is 0. The predicted octanol–water partition coefficient (Wildman–Crippen LogP) is 2.05. The quantitative estimate of drug-likeness (QED) is 0.577. The lowest BCUT2D eigenvalue weighted by atomic mass is 9.76. The van der Waals surface area contributed by atoms with E-state index in [4.69, 9.17) is 18.8 Å². The van der Waals surface area contributed by atoms with Crippen molar-refractivity contribution in [2.75, 3.05) is 20.3 Å². The third-order valence-electron chi connectivity index (χ3n) is 4.69. The number of hydrogen-bond acceptors (Lipinski definition) is 5. The molecule has 2 fully saturated rings. The highest BCUT2D eigenvalue weighted by atomic mass is 19.1. The molecule has 0 N–H and O–H groups in total. The molecule has 2 aliphatic heterocycles. The molecule has 2 heterocycles. The molecule has 0 bridgehead atoms. The molecule has 7 heteroatoms. The van der Waals surface area contributed by atoms with Crippen LogP contribution in [0, 0.1) is 5.41 Å². The molecule has 0 saturated carbocycles. The van der Waals surface area contributed by atoms with Gasteiger partial charge in [0.2, 0.25) is 0 Å². The second kappa shape index (κ2) is 5.07. The minimum Gasteiger partial charge on any atom is -0.468 e. The summed E-state index contributed by atoms with van der Waals surface area (Å²) in [5.74, 6) is -0.526. The van der Waals surface area contributed by atoms with Crippen molar-refractivity contribution in [2.24, 2.45) is 5.41 Å². The minimum atomic E-state index is -1.14. The highest BCUT2D eigenvalue weighted by Gasteiger charge is 2.56. The van der Waals surface area contributed by atoms with E-state index < -0.39 is 35.4 Å².